The lowest BCUT2D eigenvalue weighted by atomic mass is 9.91. The van der Waals surface area contributed by atoms with Crippen molar-refractivity contribution in [2.45, 2.75) is 37.6 Å². The van der Waals surface area contributed by atoms with E-state index in [0.29, 0.717) is 43.2 Å². The number of hydrogen-bond donors (Lipinski definition) is 0. The van der Waals surface area contributed by atoms with Crippen LogP contribution < -0.4 is 9.64 Å². The van der Waals surface area contributed by atoms with Crippen LogP contribution in [0, 0.1) is 5.41 Å². The topological polar surface area (TPSA) is 92.2 Å². The van der Waals surface area contributed by atoms with Crippen LogP contribution in [0.4, 0.5) is 5.69 Å². The molecule has 1 aromatic heterocycles. The molecule has 0 aliphatic carbocycles. The van der Waals surface area contributed by atoms with Crippen LogP contribution in [0.2, 0.25) is 5.15 Å². The molecular formula is C23H25ClN4O4S. The van der Waals surface area contributed by atoms with E-state index in [1.54, 1.807) is 30.5 Å². The van der Waals surface area contributed by atoms with Crippen LogP contribution >= 0.6 is 11.6 Å². The summed E-state index contributed by atoms with van der Waals surface area (Å²) in [6, 6.07) is 7.89. The van der Waals surface area contributed by atoms with Gasteiger partial charge in [0.15, 0.2) is 16.7 Å². The maximum absolute atomic E-state index is 13.5. The number of hydrogen-bond acceptors (Lipinski definition) is 7. The Bertz CT molecular complexity index is 1260. The maximum atomic E-state index is 13.5. The molecule has 0 N–H and O–H groups in total. The lowest BCUT2D eigenvalue weighted by molar-refractivity contribution is 0.106. The predicted molar refractivity (Wildman–Crippen MR) is 126 cm³/mol. The van der Waals surface area contributed by atoms with Crippen LogP contribution in [0.25, 0.3) is 0 Å². The Morgan fingerprint density at radius 1 is 1.27 bits per heavy atom. The lowest BCUT2D eigenvalue weighted by Crippen LogP contribution is -2.44. The van der Waals surface area contributed by atoms with Gasteiger partial charge in [0.2, 0.25) is 15.8 Å². The summed E-state index contributed by atoms with van der Waals surface area (Å²) in [6.07, 6.45) is 2.98. The number of aromatic nitrogens is 1. The van der Waals surface area contributed by atoms with Crippen LogP contribution in [-0.4, -0.2) is 61.6 Å². The number of halogens is 1. The minimum absolute atomic E-state index is 0.0594. The summed E-state index contributed by atoms with van der Waals surface area (Å²) in [4.78, 5) is 23.5. The number of ketones is 1. The number of amidine groups is 1. The third-order valence-corrected chi connectivity index (χ3v) is 8.52. The van der Waals surface area contributed by atoms with Crippen molar-refractivity contribution < 1.29 is 17.9 Å². The zero-order valence-electron chi connectivity index (χ0n) is 18.5. The largest absolute Gasteiger partial charge is 0.489 e. The van der Waals surface area contributed by atoms with E-state index < -0.39 is 10.0 Å². The highest BCUT2D eigenvalue weighted by Crippen LogP contribution is 2.38. The highest BCUT2D eigenvalue weighted by atomic mass is 35.5. The van der Waals surface area contributed by atoms with Gasteiger partial charge in [-0.05, 0) is 43.2 Å². The number of benzene rings is 1. The van der Waals surface area contributed by atoms with Crippen molar-refractivity contribution >= 4 is 38.9 Å². The number of nitrogens with zero attached hydrogens (tertiary/aromatic N) is 4. The molecule has 3 aliphatic heterocycles. The van der Waals surface area contributed by atoms with Crippen molar-refractivity contribution in [2.75, 3.05) is 31.1 Å². The normalized spacial score (nSPS) is 22.2. The minimum atomic E-state index is -3.81. The Balaban J connectivity index is 1.40. The summed E-state index contributed by atoms with van der Waals surface area (Å²) in [5.74, 6) is 0.608. The quantitative estimate of drug-likeness (QED) is 0.599. The van der Waals surface area contributed by atoms with Crippen LogP contribution in [0.1, 0.15) is 37.0 Å². The summed E-state index contributed by atoms with van der Waals surface area (Å²) in [6.45, 7) is 6.01. The molecule has 0 bridgehead atoms. The number of fused-ring (bicyclic) bond motifs is 3. The molecule has 0 radical (unpaired) electrons. The molecule has 174 valence electrons. The fourth-order valence-electron chi connectivity index (χ4n) is 4.63. The number of sulfonamides is 1. The molecule has 10 heteroatoms. The van der Waals surface area contributed by atoms with Crippen molar-refractivity contribution in [3.63, 3.8) is 0 Å². The number of aliphatic imine (C=N–C) groups is 1. The van der Waals surface area contributed by atoms with Crippen molar-refractivity contribution in [3.8, 4) is 5.75 Å². The van der Waals surface area contributed by atoms with Gasteiger partial charge in [-0.2, -0.15) is 4.31 Å². The highest BCUT2D eigenvalue weighted by molar-refractivity contribution is 7.89. The highest BCUT2D eigenvalue weighted by Gasteiger charge is 2.42. The minimum Gasteiger partial charge on any atom is -0.489 e. The van der Waals surface area contributed by atoms with Gasteiger partial charge >= 0.3 is 0 Å². The first kappa shape index (κ1) is 22.3. The molecule has 3 aliphatic rings. The molecule has 0 amide bonds. The monoisotopic (exact) mass is 488 g/mol. The first-order valence-electron chi connectivity index (χ1n) is 10.9. The number of carbonyl (C=O) groups excluding carboxylic acids is 1. The SMILES string of the molecule is CC1(C)CN=C2C(=O)c3cc(S(=O)(=O)N4CCC[C@H]4COc4cccnc4Cl)ccc3N2C1. The van der Waals surface area contributed by atoms with E-state index in [1.807, 2.05) is 4.90 Å². The fraction of sp³-hybridized carbons (Fsp3) is 0.435. The van der Waals surface area contributed by atoms with Crippen LogP contribution in [-0.2, 0) is 10.0 Å². The molecule has 0 unspecified atom stereocenters. The first-order chi connectivity index (χ1) is 15.7. The Hall–Kier alpha value is -2.49. The molecule has 5 rings (SSSR count). The molecule has 1 fully saturated rings. The number of carbonyl (C=O) groups is 1. The second-order valence-corrected chi connectivity index (χ2v) is 11.7. The van der Waals surface area contributed by atoms with Crippen molar-refractivity contribution in [3.05, 3.63) is 47.2 Å². The number of rotatable bonds is 5. The van der Waals surface area contributed by atoms with Crippen LogP contribution in [0.3, 0.4) is 0 Å². The van der Waals surface area contributed by atoms with Gasteiger partial charge in [0.05, 0.1) is 22.2 Å². The van der Waals surface area contributed by atoms with Crippen LogP contribution in [0.5, 0.6) is 5.75 Å². The van der Waals surface area contributed by atoms with Gasteiger partial charge in [0.25, 0.3) is 0 Å². The Kier molecular flexibility index (Phi) is 5.46. The van der Waals surface area contributed by atoms with Gasteiger partial charge in [-0.15, -0.1) is 0 Å². The van der Waals surface area contributed by atoms with E-state index in [9.17, 15) is 13.2 Å². The van der Waals surface area contributed by atoms with E-state index in [2.05, 4.69) is 23.8 Å². The molecule has 33 heavy (non-hydrogen) atoms. The van der Waals surface area contributed by atoms with Crippen molar-refractivity contribution in [2.24, 2.45) is 10.4 Å². The third-order valence-electron chi connectivity index (χ3n) is 6.29. The Morgan fingerprint density at radius 3 is 2.88 bits per heavy atom. The van der Waals surface area contributed by atoms with Gasteiger partial charge in [-0.1, -0.05) is 25.4 Å². The number of pyridine rings is 1. The van der Waals surface area contributed by atoms with Crippen molar-refractivity contribution in [1.29, 1.82) is 0 Å². The average Bonchev–Trinajstić information content (AvgIpc) is 3.36. The maximum Gasteiger partial charge on any atom is 0.243 e. The van der Waals surface area contributed by atoms with E-state index in [-0.39, 0.29) is 33.9 Å². The molecule has 8 nitrogen and oxygen atoms in total. The van der Waals surface area contributed by atoms with E-state index in [4.69, 9.17) is 16.3 Å². The fourth-order valence-corrected chi connectivity index (χ4v) is 6.51. The van der Waals surface area contributed by atoms with Gasteiger partial charge in [-0.25, -0.2) is 13.4 Å². The molecule has 1 aromatic carbocycles. The Morgan fingerprint density at radius 2 is 2.09 bits per heavy atom. The second kappa shape index (κ2) is 8.07. The molecule has 1 atom stereocenters. The Labute approximate surface area is 198 Å². The summed E-state index contributed by atoms with van der Waals surface area (Å²) < 4.78 is 34.3. The van der Waals surface area contributed by atoms with E-state index in [0.717, 1.165) is 12.1 Å². The number of anilines is 1. The summed E-state index contributed by atoms with van der Waals surface area (Å²) in [7, 11) is -3.81. The zero-order valence-corrected chi connectivity index (χ0v) is 20.1. The molecule has 2 aromatic rings. The summed E-state index contributed by atoms with van der Waals surface area (Å²) in [5.41, 5.74) is 1.05. The standard InChI is InChI=1S/C23H25ClN4O4S/c1-23(2)13-26-22-20(29)17-11-16(7-8-18(17)27(22)14-23)33(30,31)28-10-4-5-15(28)12-32-19-6-3-9-25-21(19)24/h3,6-9,11,15H,4-5,10,12-14H2,1-2H3/t15-/m0/s1. The smallest absolute Gasteiger partial charge is 0.243 e. The van der Waals surface area contributed by atoms with Gasteiger partial charge in [-0.3, -0.25) is 9.79 Å². The van der Waals surface area contributed by atoms with Gasteiger partial charge < -0.3 is 9.64 Å². The van der Waals surface area contributed by atoms with Gasteiger partial charge in [0.1, 0.15) is 6.61 Å². The third kappa shape index (κ3) is 3.92. The summed E-state index contributed by atoms with van der Waals surface area (Å²) in [5, 5.41) is 0.240. The van der Waals surface area contributed by atoms with E-state index >= 15 is 0 Å². The molecule has 0 saturated carbocycles. The second-order valence-electron chi connectivity index (χ2n) is 9.41. The lowest BCUT2D eigenvalue weighted by Gasteiger charge is -2.34. The zero-order chi connectivity index (χ0) is 23.4. The predicted octanol–water partition coefficient (Wildman–Crippen LogP) is 3.41. The van der Waals surface area contributed by atoms with Crippen LogP contribution in [0.15, 0.2) is 46.4 Å². The van der Waals surface area contributed by atoms with Crippen molar-refractivity contribution in [1.82, 2.24) is 9.29 Å². The van der Waals surface area contributed by atoms with E-state index in [1.165, 1.54) is 10.4 Å². The first-order valence-corrected chi connectivity index (χ1v) is 12.8. The molecular weight excluding hydrogens is 464 g/mol. The van der Waals surface area contributed by atoms with Gasteiger partial charge in [0, 0.05) is 31.2 Å². The number of ether oxygens (including phenoxy) is 1. The average molecular weight is 489 g/mol. The molecule has 0 spiro atoms. The molecule has 4 heterocycles. The summed E-state index contributed by atoms with van der Waals surface area (Å²) >= 11 is 6.06. The number of Topliss-reactive ketones (excluding diaryl/α,β-unsaturated/α-hetero) is 1. The molecule has 1 saturated heterocycles.